The minimum Gasteiger partial charge on any atom is -0.497 e. The van der Waals surface area contributed by atoms with Gasteiger partial charge in [0.1, 0.15) is 28.6 Å². The SMILES string of the molecule is COc1ccc(C[C@@H]2[C@H](OC(=O)CCC3NC(=O)C4(CN(C(=O)OC(C)(C)C)C4)NC3=O)[C@@H](OC(=O)OC(C)(C)C)CN2C(=O)OC(C)(C)C)cc1. The van der Waals surface area contributed by atoms with E-state index in [4.69, 9.17) is 28.4 Å². The van der Waals surface area contributed by atoms with Gasteiger partial charge in [-0.15, -0.1) is 0 Å². The molecule has 4 amide bonds. The fourth-order valence-corrected chi connectivity index (χ4v) is 5.98. The Kier molecular flexibility index (Phi) is 11.6. The maximum atomic E-state index is 13.5. The molecule has 16 nitrogen and oxygen atoms in total. The monoisotopic (exact) mass is 732 g/mol. The van der Waals surface area contributed by atoms with Crippen LogP contribution in [-0.4, -0.2) is 119 Å². The average Bonchev–Trinajstić information content (AvgIpc) is 3.29. The van der Waals surface area contributed by atoms with E-state index in [1.54, 1.807) is 86.6 Å². The molecule has 3 saturated heterocycles. The predicted octanol–water partition coefficient (Wildman–Crippen LogP) is 3.47. The maximum Gasteiger partial charge on any atom is 0.509 e. The Bertz CT molecular complexity index is 1520. The summed E-state index contributed by atoms with van der Waals surface area (Å²) in [6.45, 7) is 15.1. The number of hydrogen-bond acceptors (Lipinski definition) is 12. The van der Waals surface area contributed by atoms with E-state index >= 15 is 0 Å². The molecule has 2 N–H and O–H groups in total. The van der Waals surface area contributed by atoms with Crippen molar-refractivity contribution in [1.29, 1.82) is 0 Å². The highest BCUT2D eigenvalue weighted by Gasteiger charge is 2.57. The third-order valence-electron chi connectivity index (χ3n) is 8.29. The molecule has 1 unspecified atom stereocenters. The van der Waals surface area contributed by atoms with Crippen LogP contribution in [-0.2, 0) is 44.5 Å². The van der Waals surface area contributed by atoms with Crippen molar-refractivity contribution >= 4 is 36.1 Å². The molecular formula is C36H52N4O12. The molecular weight excluding hydrogens is 680 g/mol. The summed E-state index contributed by atoms with van der Waals surface area (Å²) in [5.41, 5.74) is -2.97. The first-order valence-electron chi connectivity index (χ1n) is 17.3. The number of amides is 4. The molecule has 0 saturated carbocycles. The van der Waals surface area contributed by atoms with Crippen molar-refractivity contribution in [2.75, 3.05) is 26.7 Å². The van der Waals surface area contributed by atoms with Gasteiger partial charge >= 0.3 is 24.3 Å². The van der Waals surface area contributed by atoms with Crippen molar-refractivity contribution in [1.82, 2.24) is 20.4 Å². The lowest BCUT2D eigenvalue weighted by atomic mass is 9.85. The van der Waals surface area contributed by atoms with Crippen LogP contribution in [0.3, 0.4) is 0 Å². The third-order valence-corrected chi connectivity index (χ3v) is 8.29. The highest BCUT2D eigenvalue weighted by molar-refractivity contribution is 6.01. The second-order valence-corrected chi connectivity index (χ2v) is 16.3. The molecule has 1 aromatic rings. The third kappa shape index (κ3) is 10.4. The van der Waals surface area contributed by atoms with E-state index in [2.05, 4.69) is 10.6 Å². The van der Waals surface area contributed by atoms with Crippen molar-refractivity contribution in [2.24, 2.45) is 0 Å². The van der Waals surface area contributed by atoms with E-state index in [0.717, 1.165) is 5.56 Å². The smallest absolute Gasteiger partial charge is 0.497 e. The topological polar surface area (TPSA) is 188 Å². The summed E-state index contributed by atoms with van der Waals surface area (Å²) >= 11 is 0. The Morgan fingerprint density at radius 2 is 1.40 bits per heavy atom. The normalized spacial score (nSPS) is 22.8. The first kappa shape index (κ1) is 40.0. The van der Waals surface area contributed by atoms with Crippen molar-refractivity contribution in [2.45, 2.75) is 128 Å². The zero-order valence-electron chi connectivity index (χ0n) is 31.7. The molecule has 4 atom stereocenters. The second kappa shape index (κ2) is 15.1. The number of hydrogen-bond donors (Lipinski definition) is 2. The average molecular weight is 733 g/mol. The van der Waals surface area contributed by atoms with Gasteiger partial charge < -0.3 is 44.0 Å². The van der Waals surface area contributed by atoms with E-state index in [-0.39, 0.29) is 38.9 Å². The van der Waals surface area contributed by atoms with Gasteiger partial charge in [0.05, 0.1) is 32.8 Å². The standard InChI is InChI=1S/C36H52N4O12/c1-33(2,3)50-30(44)39-19-36(20-39)29(43)37-23(28(42)38-36)15-16-26(41)49-27-24(17-21-11-13-22(47-10)14-12-21)40(31(45)51-34(4,5)6)18-25(27)48-32(46)52-35(7,8)9/h11-14,23-25,27H,15-20H2,1-10H3,(H,37,43)(H,38,42)/t23?,24-,25+,27+/m1/s1. The van der Waals surface area contributed by atoms with Crippen LogP contribution >= 0.6 is 0 Å². The van der Waals surface area contributed by atoms with Gasteiger partial charge in [-0.25, -0.2) is 14.4 Å². The summed E-state index contributed by atoms with van der Waals surface area (Å²) in [6.07, 6.45) is -4.79. The van der Waals surface area contributed by atoms with E-state index in [0.29, 0.717) is 5.75 Å². The first-order chi connectivity index (χ1) is 24.0. The van der Waals surface area contributed by atoms with E-state index < -0.39 is 82.8 Å². The Balaban J connectivity index is 1.48. The lowest BCUT2D eigenvalue weighted by molar-refractivity contribution is -0.157. The Morgan fingerprint density at radius 3 is 1.96 bits per heavy atom. The number of rotatable bonds is 8. The molecule has 1 spiro atoms. The molecule has 0 bridgehead atoms. The van der Waals surface area contributed by atoms with Gasteiger partial charge in [0.2, 0.25) is 11.8 Å². The van der Waals surface area contributed by atoms with Crippen LogP contribution in [0.4, 0.5) is 14.4 Å². The van der Waals surface area contributed by atoms with Gasteiger partial charge in [-0.1, -0.05) is 12.1 Å². The number of benzene rings is 1. The first-order valence-corrected chi connectivity index (χ1v) is 17.3. The summed E-state index contributed by atoms with van der Waals surface area (Å²) in [6, 6.07) is 5.24. The number of nitrogens with zero attached hydrogens (tertiary/aromatic N) is 2. The van der Waals surface area contributed by atoms with Gasteiger partial charge in [0, 0.05) is 6.42 Å². The fraction of sp³-hybridized carbons (Fsp3) is 0.667. The summed E-state index contributed by atoms with van der Waals surface area (Å²) in [4.78, 5) is 81.1. The number of piperazine rings is 1. The zero-order valence-corrected chi connectivity index (χ0v) is 31.7. The van der Waals surface area contributed by atoms with Crippen LogP contribution in [0.2, 0.25) is 0 Å². The minimum atomic E-state index is -1.29. The molecule has 3 heterocycles. The van der Waals surface area contributed by atoms with Crippen LogP contribution in [0.1, 0.15) is 80.7 Å². The number of esters is 1. The molecule has 0 aromatic heterocycles. The molecule has 3 aliphatic rings. The van der Waals surface area contributed by atoms with Crippen LogP contribution in [0, 0.1) is 0 Å². The molecule has 288 valence electrons. The fourth-order valence-electron chi connectivity index (χ4n) is 5.98. The maximum absolute atomic E-state index is 13.5. The van der Waals surface area contributed by atoms with Crippen molar-refractivity contribution in [3.8, 4) is 5.75 Å². The van der Waals surface area contributed by atoms with Crippen molar-refractivity contribution in [3.63, 3.8) is 0 Å². The number of methoxy groups -OCH3 is 1. The molecule has 3 fully saturated rings. The number of likely N-dealkylation sites (tertiary alicyclic amines) is 2. The lowest BCUT2D eigenvalue weighted by Gasteiger charge is -2.51. The van der Waals surface area contributed by atoms with Crippen LogP contribution in [0.5, 0.6) is 5.75 Å². The van der Waals surface area contributed by atoms with Crippen LogP contribution < -0.4 is 15.4 Å². The molecule has 4 rings (SSSR count). The number of carbonyl (C=O) groups is 6. The summed E-state index contributed by atoms with van der Waals surface area (Å²) in [7, 11) is 1.54. The molecule has 1 aromatic carbocycles. The van der Waals surface area contributed by atoms with E-state index in [1.165, 1.54) is 16.9 Å². The number of ether oxygens (including phenoxy) is 6. The van der Waals surface area contributed by atoms with Crippen molar-refractivity contribution in [3.05, 3.63) is 29.8 Å². The summed E-state index contributed by atoms with van der Waals surface area (Å²) < 4.78 is 33.3. The van der Waals surface area contributed by atoms with Crippen LogP contribution in [0.15, 0.2) is 24.3 Å². The quantitative estimate of drug-likeness (QED) is 0.293. The minimum absolute atomic E-state index is 0.0568. The Morgan fingerprint density at radius 1 is 0.827 bits per heavy atom. The highest BCUT2D eigenvalue weighted by Crippen LogP contribution is 2.31. The van der Waals surface area contributed by atoms with E-state index in [1.807, 2.05) is 0 Å². The summed E-state index contributed by atoms with van der Waals surface area (Å²) in [5, 5.41) is 5.37. The molecule has 3 aliphatic heterocycles. The number of nitrogens with one attached hydrogen (secondary N) is 2. The molecule has 0 aliphatic carbocycles. The number of carbonyl (C=O) groups excluding carboxylic acids is 6. The highest BCUT2D eigenvalue weighted by atomic mass is 16.7. The second-order valence-electron chi connectivity index (χ2n) is 16.3. The Labute approximate surface area is 304 Å². The van der Waals surface area contributed by atoms with Gasteiger partial charge in [-0.05, 0) is 92.9 Å². The molecule has 0 radical (unpaired) electrons. The van der Waals surface area contributed by atoms with Gasteiger partial charge in [0.15, 0.2) is 17.7 Å². The predicted molar refractivity (Wildman–Crippen MR) is 184 cm³/mol. The molecule has 52 heavy (non-hydrogen) atoms. The zero-order chi connectivity index (χ0) is 38.8. The van der Waals surface area contributed by atoms with Gasteiger partial charge in [-0.2, -0.15) is 0 Å². The van der Waals surface area contributed by atoms with Gasteiger partial charge in [0.25, 0.3) is 0 Å². The molecule has 16 heteroatoms. The summed E-state index contributed by atoms with van der Waals surface area (Å²) in [5.74, 6) is -1.14. The van der Waals surface area contributed by atoms with Crippen LogP contribution in [0.25, 0.3) is 0 Å². The van der Waals surface area contributed by atoms with E-state index in [9.17, 15) is 28.8 Å². The lowest BCUT2D eigenvalue weighted by Crippen LogP contribution is -2.82. The van der Waals surface area contributed by atoms with Gasteiger partial charge in [-0.3, -0.25) is 19.3 Å². The van der Waals surface area contributed by atoms with Crippen molar-refractivity contribution < 1.29 is 57.2 Å². The largest absolute Gasteiger partial charge is 0.509 e. The Hall–Kier alpha value is -4.76.